The number of benzene rings is 1. The standard InChI is InChI=1S/C19H28N2O2.C2HF3O2/c1-16(2)11-21-14-19(10-18(21)22)13-20(8-9-23-15-19)12-17-6-4-3-5-7-17;3-2(4,5)1(6)7/h3-7,16H,8-15H2,1-2H3;(H,6,7). The molecule has 168 valence electrons. The van der Waals surface area contributed by atoms with Crippen molar-refractivity contribution in [2.75, 3.05) is 39.4 Å². The fraction of sp³-hybridized carbons (Fsp3) is 0.619. The van der Waals surface area contributed by atoms with Crippen LogP contribution in [0.5, 0.6) is 0 Å². The second-order valence-electron chi connectivity index (χ2n) is 8.40. The molecule has 2 heterocycles. The van der Waals surface area contributed by atoms with Gasteiger partial charge in [-0.25, -0.2) is 4.79 Å². The number of nitrogens with zero attached hydrogens (tertiary/aromatic N) is 2. The number of hydrogen-bond acceptors (Lipinski definition) is 4. The van der Waals surface area contributed by atoms with Gasteiger partial charge >= 0.3 is 12.1 Å². The normalized spacial score (nSPS) is 22.7. The molecule has 1 atom stereocenters. The molecular weight excluding hydrogens is 401 g/mol. The molecule has 0 radical (unpaired) electrons. The number of likely N-dealkylation sites (tertiary alicyclic amines) is 1. The second-order valence-corrected chi connectivity index (χ2v) is 8.40. The van der Waals surface area contributed by atoms with Gasteiger partial charge in [0.15, 0.2) is 0 Å². The van der Waals surface area contributed by atoms with Crippen molar-refractivity contribution < 1.29 is 32.6 Å². The van der Waals surface area contributed by atoms with E-state index in [0.717, 1.165) is 39.3 Å². The SMILES string of the molecule is CC(C)CN1CC2(COCCN(Cc3ccccc3)C2)CC1=O.O=C(O)C(F)(F)F. The van der Waals surface area contributed by atoms with E-state index in [-0.39, 0.29) is 5.41 Å². The Morgan fingerprint density at radius 2 is 1.87 bits per heavy atom. The third-order valence-electron chi connectivity index (χ3n) is 5.00. The number of ether oxygens (including phenoxy) is 1. The van der Waals surface area contributed by atoms with Crippen LogP contribution in [0, 0.1) is 11.3 Å². The lowest BCUT2D eigenvalue weighted by Crippen LogP contribution is -2.41. The smallest absolute Gasteiger partial charge is 0.475 e. The molecule has 6 nitrogen and oxygen atoms in total. The number of alkyl halides is 3. The molecule has 1 spiro atoms. The van der Waals surface area contributed by atoms with Crippen molar-refractivity contribution in [2.45, 2.75) is 33.0 Å². The third-order valence-corrected chi connectivity index (χ3v) is 5.00. The van der Waals surface area contributed by atoms with E-state index < -0.39 is 12.1 Å². The molecule has 3 rings (SSSR count). The predicted molar refractivity (Wildman–Crippen MR) is 105 cm³/mol. The predicted octanol–water partition coefficient (Wildman–Crippen LogP) is 3.03. The minimum Gasteiger partial charge on any atom is -0.475 e. The molecule has 0 aromatic heterocycles. The van der Waals surface area contributed by atoms with E-state index in [1.165, 1.54) is 5.56 Å². The Kier molecular flexibility index (Phi) is 8.25. The van der Waals surface area contributed by atoms with Crippen molar-refractivity contribution in [1.82, 2.24) is 9.80 Å². The maximum absolute atomic E-state index is 12.4. The summed E-state index contributed by atoms with van der Waals surface area (Å²) < 4.78 is 37.6. The lowest BCUT2D eigenvalue weighted by molar-refractivity contribution is -0.192. The number of amides is 1. The van der Waals surface area contributed by atoms with Crippen LogP contribution in [-0.4, -0.2) is 72.4 Å². The van der Waals surface area contributed by atoms with Crippen LogP contribution < -0.4 is 0 Å². The minimum absolute atomic E-state index is 0.0305. The van der Waals surface area contributed by atoms with Crippen LogP contribution >= 0.6 is 0 Å². The van der Waals surface area contributed by atoms with Crippen molar-refractivity contribution in [2.24, 2.45) is 11.3 Å². The molecule has 1 aromatic carbocycles. The summed E-state index contributed by atoms with van der Waals surface area (Å²) in [7, 11) is 0. The van der Waals surface area contributed by atoms with Gasteiger partial charge < -0.3 is 14.7 Å². The quantitative estimate of drug-likeness (QED) is 0.795. The number of carbonyl (C=O) groups excluding carboxylic acids is 1. The van der Waals surface area contributed by atoms with Gasteiger partial charge in [0, 0.05) is 44.6 Å². The van der Waals surface area contributed by atoms with Crippen molar-refractivity contribution in [3.05, 3.63) is 35.9 Å². The lowest BCUT2D eigenvalue weighted by atomic mass is 9.87. The highest BCUT2D eigenvalue weighted by Gasteiger charge is 2.45. The number of carbonyl (C=O) groups is 2. The Morgan fingerprint density at radius 3 is 2.43 bits per heavy atom. The first-order valence-corrected chi connectivity index (χ1v) is 9.93. The number of carboxylic acids is 1. The second kappa shape index (κ2) is 10.3. The Morgan fingerprint density at radius 1 is 1.23 bits per heavy atom. The number of hydrogen-bond donors (Lipinski definition) is 1. The maximum atomic E-state index is 12.4. The maximum Gasteiger partial charge on any atom is 0.490 e. The van der Waals surface area contributed by atoms with Crippen LogP contribution in [0.15, 0.2) is 30.3 Å². The number of rotatable bonds is 4. The zero-order chi connectivity index (χ0) is 22.4. The number of halogens is 3. The van der Waals surface area contributed by atoms with Gasteiger partial charge in [0.1, 0.15) is 0 Å². The summed E-state index contributed by atoms with van der Waals surface area (Å²) in [6, 6.07) is 10.6. The summed E-state index contributed by atoms with van der Waals surface area (Å²) in [5.41, 5.74) is 1.30. The van der Waals surface area contributed by atoms with Crippen LogP contribution in [0.3, 0.4) is 0 Å². The molecule has 2 aliphatic heterocycles. The molecule has 1 amide bonds. The van der Waals surface area contributed by atoms with Crippen LogP contribution in [0.4, 0.5) is 13.2 Å². The third kappa shape index (κ3) is 7.28. The number of aliphatic carboxylic acids is 1. The summed E-state index contributed by atoms with van der Waals surface area (Å²) >= 11 is 0. The monoisotopic (exact) mass is 430 g/mol. The van der Waals surface area contributed by atoms with Crippen LogP contribution in [0.2, 0.25) is 0 Å². The first kappa shape index (κ1) is 24.1. The first-order valence-electron chi connectivity index (χ1n) is 9.93. The Labute approximate surface area is 174 Å². The lowest BCUT2D eigenvalue weighted by Gasteiger charge is -2.31. The highest BCUT2D eigenvalue weighted by atomic mass is 19.4. The first-order chi connectivity index (χ1) is 14.0. The van der Waals surface area contributed by atoms with E-state index >= 15 is 0 Å². The molecule has 9 heteroatoms. The van der Waals surface area contributed by atoms with Crippen molar-refractivity contribution in [3.63, 3.8) is 0 Å². The highest BCUT2D eigenvalue weighted by Crippen LogP contribution is 2.35. The molecule has 2 fully saturated rings. The molecule has 0 bridgehead atoms. The molecular formula is C21H29F3N2O4. The van der Waals surface area contributed by atoms with Gasteiger partial charge in [-0.2, -0.15) is 13.2 Å². The fourth-order valence-corrected chi connectivity index (χ4v) is 3.85. The van der Waals surface area contributed by atoms with Crippen molar-refractivity contribution in [1.29, 1.82) is 0 Å². The molecule has 2 saturated heterocycles. The average molecular weight is 430 g/mol. The topological polar surface area (TPSA) is 70.1 Å². The molecule has 1 N–H and O–H groups in total. The summed E-state index contributed by atoms with van der Waals surface area (Å²) in [5, 5.41) is 7.12. The van der Waals surface area contributed by atoms with Gasteiger partial charge in [0.25, 0.3) is 0 Å². The zero-order valence-electron chi connectivity index (χ0n) is 17.3. The van der Waals surface area contributed by atoms with E-state index in [4.69, 9.17) is 14.6 Å². The molecule has 1 aromatic rings. The molecule has 1 unspecified atom stereocenters. The van der Waals surface area contributed by atoms with Crippen molar-refractivity contribution >= 4 is 11.9 Å². The van der Waals surface area contributed by atoms with Crippen LogP contribution in [-0.2, 0) is 20.9 Å². The Hall–Kier alpha value is -2.13. The number of carboxylic acid groups (broad SMARTS) is 1. The Balaban J connectivity index is 0.000000396. The summed E-state index contributed by atoms with van der Waals surface area (Å²) in [6.07, 6.45) is -4.45. The van der Waals surface area contributed by atoms with Gasteiger partial charge in [-0.15, -0.1) is 0 Å². The van der Waals surface area contributed by atoms with Gasteiger partial charge in [-0.3, -0.25) is 9.69 Å². The largest absolute Gasteiger partial charge is 0.490 e. The van der Waals surface area contributed by atoms with Crippen LogP contribution in [0.1, 0.15) is 25.8 Å². The van der Waals surface area contributed by atoms with Gasteiger partial charge in [0.05, 0.1) is 13.2 Å². The molecule has 0 saturated carbocycles. The highest BCUT2D eigenvalue weighted by molar-refractivity contribution is 5.79. The zero-order valence-corrected chi connectivity index (χ0v) is 17.3. The van der Waals surface area contributed by atoms with Crippen molar-refractivity contribution in [3.8, 4) is 0 Å². The van der Waals surface area contributed by atoms with E-state index in [1.807, 2.05) is 4.90 Å². The molecule has 0 aliphatic carbocycles. The fourth-order valence-electron chi connectivity index (χ4n) is 3.85. The summed E-state index contributed by atoms with van der Waals surface area (Å²) in [4.78, 5) is 25.8. The average Bonchev–Trinajstić information content (AvgIpc) is 2.81. The Bertz CT molecular complexity index is 712. The van der Waals surface area contributed by atoms with Crippen LogP contribution in [0.25, 0.3) is 0 Å². The minimum atomic E-state index is -5.08. The summed E-state index contributed by atoms with van der Waals surface area (Å²) in [5.74, 6) is -1.95. The van der Waals surface area contributed by atoms with Gasteiger partial charge in [-0.1, -0.05) is 44.2 Å². The van der Waals surface area contributed by atoms with Gasteiger partial charge in [0.2, 0.25) is 5.91 Å². The van der Waals surface area contributed by atoms with E-state index in [9.17, 15) is 18.0 Å². The van der Waals surface area contributed by atoms with E-state index in [2.05, 4.69) is 49.1 Å². The van der Waals surface area contributed by atoms with E-state index in [1.54, 1.807) is 0 Å². The van der Waals surface area contributed by atoms with Gasteiger partial charge in [-0.05, 0) is 11.5 Å². The van der Waals surface area contributed by atoms with E-state index in [0.29, 0.717) is 24.9 Å². The summed E-state index contributed by atoms with van der Waals surface area (Å²) in [6.45, 7) is 10.3. The molecule has 30 heavy (non-hydrogen) atoms. The molecule has 2 aliphatic rings.